The van der Waals surface area contributed by atoms with Gasteiger partial charge in [-0.25, -0.2) is 13.6 Å². The van der Waals surface area contributed by atoms with Crippen molar-refractivity contribution in [2.45, 2.75) is 13.5 Å². The molecule has 0 aliphatic heterocycles. The van der Waals surface area contributed by atoms with E-state index >= 15 is 0 Å². The smallest absolute Gasteiger partial charge is 0.344 e. The number of esters is 1. The maximum Gasteiger partial charge on any atom is 0.344 e. The zero-order valence-electron chi connectivity index (χ0n) is 14.4. The quantitative estimate of drug-likeness (QED) is 0.574. The normalized spacial score (nSPS) is 10.7. The molecule has 0 saturated carbocycles. The summed E-state index contributed by atoms with van der Waals surface area (Å²) >= 11 is 6.05. The molecule has 5 nitrogen and oxygen atoms in total. The molecule has 0 unspecified atom stereocenters. The van der Waals surface area contributed by atoms with E-state index in [4.69, 9.17) is 25.6 Å². The largest absolute Gasteiger partial charge is 0.496 e. The van der Waals surface area contributed by atoms with E-state index in [1.165, 1.54) is 50.4 Å². The fourth-order valence-electron chi connectivity index (χ4n) is 2.58. The fourth-order valence-corrected chi connectivity index (χ4v) is 2.84. The number of carbonyl (C=O) groups is 1. The van der Waals surface area contributed by atoms with Crippen molar-refractivity contribution < 1.29 is 27.6 Å². The van der Waals surface area contributed by atoms with Crippen LogP contribution in [0.4, 0.5) is 8.78 Å². The van der Waals surface area contributed by atoms with Crippen LogP contribution in [0.25, 0.3) is 11.3 Å². The molecule has 3 rings (SSSR count). The van der Waals surface area contributed by atoms with Crippen molar-refractivity contribution in [3.05, 3.63) is 69.9 Å². The Morgan fingerprint density at radius 1 is 1.26 bits per heavy atom. The SMILES string of the molecule is COc1ccc(F)cc1COC(=O)c1c(-c2c(F)cccc2Cl)noc1C. The first-order chi connectivity index (χ1) is 12.9. The Morgan fingerprint density at radius 3 is 2.74 bits per heavy atom. The van der Waals surface area contributed by atoms with E-state index in [9.17, 15) is 13.6 Å². The van der Waals surface area contributed by atoms with Gasteiger partial charge in [-0.1, -0.05) is 22.8 Å². The summed E-state index contributed by atoms with van der Waals surface area (Å²) < 4.78 is 43.0. The maximum atomic E-state index is 14.2. The van der Waals surface area contributed by atoms with Crippen LogP contribution < -0.4 is 4.74 Å². The number of aryl methyl sites for hydroxylation is 1. The van der Waals surface area contributed by atoms with Crippen LogP contribution >= 0.6 is 11.6 Å². The van der Waals surface area contributed by atoms with Gasteiger partial charge in [-0.3, -0.25) is 0 Å². The topological polar surface area (TPSA) is 61.6 Å². The number of aromatic nitrogens is 1. The molecule has 0 bridgehead atoms. The van der Waals surface area contributed by atoms with Gasteiger partial charge >= 0.3 is 5.97 Å². The van der Waals surface area contributed by atoms with E-state index in [-0.39, 0.29) is 34.2 Å². The van der Waals surface area contributed by atoms with Crippen LogP contribution in [-0.2, 0) is 11.3 Å². The zero-order chi connectivity index (χ0) is 19.6. The molecular formula is C19H14ClF2NO4. The monoisotopic (exact) mass is 393 g/mol. The van der Waals surface area contributed by atoms with E-state index in [2.05, 4.69) is 5.16 Å². The first-order valence-electron chi connectivity index (χ1n) is 7.82. The third-order valence-corrected chi connectivity index (χ3v) is 4.18. The summed E-state index contributed by atoms with van der Waals surface area (Å²) in [6.07, 6.45) is 0. The minimum atomic E-state index is -0.811. The Balaban J connectivity index is 1.91. The van der Waals surface area contributed by atoms with Crippen LogP contribution in [0.3, 0.4) is 0 Å². The lowest BCUT2D eigenvalue weighted by Crippen LogP contribution is -2.08. The zero-order valence-corrected chi connectivity index (χ0v) is 15.1. The molecule has 1 heterocycles. The van der Waals surface area contributed by atoms with Gasteiger partial charge in [-0.2, -0.15) is 0 Å². The predicted molar refractivity (Wildman–Crippen MR) is 93.7 cm³/mol. The molecule has 0 amide bonds. The highest BCUT2D eigenvalue weighted by atomic mass is 35.5. The number of methoxy groups -OCH3 is 1. The third-order valence-electron chi connectivity index (χ3n) is 3.87. The van der Waals surface area contributed by atoms with E-state index < -0.39 is 17.6 Å². The first-order valence-corrected chi connectivity index (χ1v) is 8.20. The summed E-state index contributed by atoms with van der Waals surface area (Å²) in [6.45, 7) is 1.24. The van der Waals surface area contributed by atoms with Gasteiger partial charge in [0.05, 0.1) is 17.7 Å². The Bertz CT molecular complexity index is 983. The second kappa shape index (κ2) is 7.75. The number of benzene rings is 2. The second-order valence-corrected chi connectivity index (χ2v) is 6.00. The van der Waals surface area contributed by atoms with Gasteiger partial charge in [0.15, 0.2) is 0 Å². The van der Waals surface area contributed by atoms with Crippen molar-refractivity contribution in [2.24, 2.45) is 0 Å². The minimum absolute atomic E-state index is 0.0580. The lowest BCUT2D eigenvalue weighted by Gasteiger charge is -2.10. The highest BCUT2D eigenvalue weighted by Crippen LogP contribution is 2.34. The van der Waals surface area contributed by atoms with E-state index in [1.807, 2.05) is 0 Å². The molecule has 1 aromatic heterocycles. The molecule has 0 aliphatic rings. The summed E-state index contributed by atoms with van der Waals surface area (Å²) in [7, 11) is 1.42. The van der Waals surface area contributed by atoms with Crippen LogP contribution in [0.1, 0.15) is 21.7 Å². The highest BCUT2D eigenvalue weighted by molar-refractivity contribution is 6.33. The first kappa shape index (κ1) is 18.8. The molecule has 2 aromatic carbocycles. The number of carbonyl (C=O) groups excluding carboxylic acids is 1. The molecule has 0 aliphatic carbocycles. The molecule has 3 aromatic rings. The fraction of sp³-hybridized carbons (Fsp3) is 0.158. The van der Waals surface area contributed by atoms with E-state index in [0.717, 1.165) is 0 Å². The van der Waals surface area contributed by atoms with E-state index in [0.29, 0.717) is 11.3 Å². The van der Waals surface area contributed by atoms with Crippen LogP contribution in [0, 0.1) is 18.6 Å². The molecule has 0 N–H and O–H groups in total. The van der Waals surface area contributed by atoms with Crippen molar-refractivity contribution in [3.8, 4) is 17.0 Å². The van der Waals surface area contributed by atoms with Gasteiger partial charge in [-0.05, 0) is 37.3 Å². The van der Waals surface area contributed by atoms with Crippen molar-refractivity contribution in [2.75, 3.05) is 7.11 Å². The molecule has 0 radical (unpaired) electrons. The summed E-state index contributed by atoms with van der Waals surface area (Å²) in [4.78, 5) is 12.6. The lowest BCUT2D eigenvalue weighted by atomic mass is 10.1. The summed E-state index contributed by atoms with van der Waals surface area (Å²) in [5.74, 6) is -1.46. The average molecular weight is 394 g/mol. The third kappa shape index (κ3) is 3.78. The number of nitrogens with zero attached hydrogens (tertiary/aromatic N) is 1. The van der Waals surface area contributed by atoms with Crippen molar-refractivity contribution in [1.82, 2.24) is 5.16 Å². The molecule has 0 saturated heterocycles. The summed E-state index contributed by atoms with van der Waals surface area (Å²) in [6, 6.07) is 7.94. The maximum absolute atomic E-state index is 14.2. The number of rotatable bonds is 5. The van der Waals surface area contributed by atoms with Gasteiger partial charge < -0.3 is 14.0 Å². The van der Waals surface area contributed by atoms with Crippen LogP contribution in [0.5, 0.6) is 5.75 Å². The lowest BCUT2D eigenvalue weighted by molar-refractivity contribution is 0.0468. The average Bonchev–Trinajstić information content (AvgIpc) is 3.01. The number of hydrogen-bond donors (Lipinski definition) is 0. The molecule has 0 atom stereocenters. The van der Waals surface area contributed by atoms with Gasteiger partial charge in [0, 0.05) is 5.56 Å². The Kier molecular flexibility index (Phi) is 5.41. The predicted octanol–water partition coefficient (Wildman–Crippen LogP) is 4.95. The van der Waals surface area contributed by atoms with Crippen molar-refractivity contribution in [3.63, 3.8) is 0 Å². The van der Waals surface area contributed by atoms with E-state index in [1.54, 1.807) is 0 Å². The Morgan fingerprint density at radius 2 is 2.04 bits per heavy atom. The van der Waals surface area contributed by atoms with Crippen LogP contribution in [0.15, 0.2) is 40.9 Å². The van der Waals surface area contributed by atoms with Crippen LogP contribution in [-0.4, -0.2) is 18.2 Å². The number of ether oxygens (including phenoxy) is 2. The van der Waals surface area contributed by atoms with Crippen molar-refractivity contribution in [1.29, 1.82) is 0 Å². The molecular weight excluding hydrogens is 380 g/mol. The second-order valence-electron chi connectivity index (χ2n) is 5.59. The van der Waals surface area contributed by atoms with Gasteiger partial charge in [0.25, 0.3) is 0 Å². The molecule has 8 heteroatoms. The van der Waals surface area contributed by atoms with Gasteiger partial charge in [-0.15, -0.1) is 0 Å². The summed E-state index contributed by atoms with van der Waals surface area (Å²) in [5.41, 5.74) is 0.154. The molecule has 0 spiro atoms. The minimum Gasteiger partial charge on any atom is -0.496 e. The highest BCUT2D eigenvalue weighted by Gasteiger charge is 2.26. The molecule has 27 heavy (non-hydrogen) atoms. The Hall–Kier alpha value is -2.93. The van der Waals surface area contributed by atoms with Gasteiger partial charge in [0.1, 0.15) is 41.0 Å². The summed E-state index contributed by atoms with van der Waals surface area (Å²) in [5, 5.41) is 3.82. The van der Waals surface area contributed by atoms with Crippen LogP contribution in [0.2, 0.25) is 5.02 Å². The number of halogens is 3. The van der Waals surface area contributed by atoms with Crippen molar-refractivity contribution >= 4 is 17.6 Å². The molecule has 0 fully saturated rings. The Labute approximate surface area is 158 Å². The van der Waals surface area contributed by atoms with Gasteiger partial charge in [0.2, 0.25) is 0 Å². The number of hydrogen-bond acceptors (Lipinski definition) is 5. The molecule has 140 valence electrons. The standard InChI is InChI=1S/C19H14ClF2NO4/c1-10-16(18(23-27-10)17-13(20)4-3-5-14(17)22)19(24)26-9-11-8-12(21)6-7-15(11)25-2/h3-8H,9H2,1-2H3.